The SMILES string of the molecule is CCOCCCNC(=O)c1cccc(NC(=O)c2cccc(NC(=O)OC(C)(C)C)c2)c1. The molecular formula is C24H31N3O5. The molecule has 0 radical (unpaired) electrons. The van der Waals surface area contributed by atoms with Crippen LogP contribution in [0.3, 0.4) is 0 Å². The molecule has 172 valence electrons. The Morgan fingerprint density at radius 2 is 1.47 bits per heavy atom. The Bertz CT molecular complexity index is 937. The van der Waals surface area contributed by atoms with Crippen LogP contribution in [0, 0.1) is 0 Å². The molecule has 0 saturated carbocycles. The summed E-state index contributed by atoms with van der Waals surface area (Å²) in [5.41, 5.74) is 1.10. The molecule has 0 aliphatic rings. The predicted molar refractivity (Wildman–Crippen MR) is 124 cm³/mol. The van der Waals surface area contributed by atoms with Gasteiger partial charge < -0.3 is 20.1 Å². The minimum atomic E-state index is -0.625. The van der Waals surface area contributed by atoms with Gasteiger partial charge in [0.2, 0.25) is 0 Å². The largest absolute Gasteiger partial charge is 0.444 e. The molecule has 0 aromatic heterocycles. The van der Waals surface area contributed by atoms with Crippen molar-refractivity contribution in [2.75, 3.05) is 30.4 Å². The van der Waals surface area contributed by atoms with Crippen LogP contribution in [0.2, 0.25) is 0 Å². The molecular weight excluding hydrogens is 410 g/mol. The Morgan fingerprint density at radius 3 is 2.06 bits per heavy atom. The van der Waals surface area contributed by atoms with Crippen LogP contribution in [0.1, 0.15) is 54.8 Å². The molecule has 0 heterocycles. The van der Waals surface area contributed by atoms with Crippen LogP contribution >= 0.6 is 0 Å². The van der Waals surface area contributed by atoms with E-state index in [-0.39, 0.29) is 11.8 Å². The first-order valence-electron chi connectivity index (χ1n) is 10.6. The lowest BCUT2D eigenvalue weighted by Gasteiger charge is -2.19. The van der Waals surface area contributed by atoms with Gasteiger partial charge in [-0.3, -0.25) is 14.9 Å². The van der Waals surface area contributed by atoms with E-state index in [2.05, 4.69) is 16.0 Å². The summed E-state index contributed by atoms with van der Waals surface area (Å²) in [6.07, 6.45) is 0.124. The average Bonchev–Trinajstić information content (AvgIpc) is 2.72. The summed E-state index contributed by atoms with van der Waals surface area (Å²) in [5.74, 6) is -0.590. The fourth-order valence-corrected chi connectivity index (χ4v) is 2.72. The number of ether oxygens (including phenoxy) is 2. The molecule has 0 saturated heterocycles. The minimum absolute atomic E-state index is 0.221. The number of hydrogen-bond donors (Lipinski definition) is 3. The summed E-state index contributed by atoms with van der Waals surface area (Å²) in [7, 11) is 0. The number of nitrogens with one attached hydrogen (secondary N) is 3. The molecule has 2 aromatic carbocycles. The number of hydrogen-bond acceptors (Lipinski definition) is 5. The van der Waals surface area contributed by atoms with Crippen molar-refractivity contribution in [3.05, 3.63) is 59.7 Å². The lowest BCUT2D eigenvalue weighted by atomic mass is 10.1. The zero-order chi connectivity index (χ0) is 23.6. The van der Waals surface area contributed by atoms with Gasteiger partial charge in [0.1, 0.15) is 5.60 Å². The molecule has 0 fully saturated rings. The molecule has 3 N–H and O–H groups in total. The topological polar surface area (TPSA) is 106 Å². The Labute approximate surface area is 188 Å². The Hall–Kier alpha value is -3.39. The van der Waals surface area contributed by atoms with Crippen molar-refractivity contribution in [3.8, 4) is 0 Å². The second-order valence-corrected chi connectivity index (χ2v) is 8.05. The number of amides is 3. The molecule has 2 aromatic rings. The van der Waals surface area contributed by atoms with Crippen LogP contribution in [0.5, 0.6) is 0 Å². The quantitative estimate of drug-likeness (QED) is 0.499. The molecule has 0 spiro atoms. The van der Waals surface area contributed by atoms with E-state index >= 15 is 0 Å². The standard InChI is InChI=1S/C24H31N3O5/c1-5-31-14-8-13-25-21(28)17-9-6-11-19(15-17)26-22(29)18-10-7-12-20(16-18)27-23(30)32-24(2,3)4/h6-7,9-12,15-16H,5,8,13-14H2,1-4H3,(H,25,28)(H,26,29)(H,27,30). The van der Waals surface area contributed by atoms with Crippen LogP contribution in [0.4, 0.5) is 16.2 Å². The summed E-state index contributed by atoms with van der Waals surface area (Å²) in [6.45, 7) is 8.98. The predicted octanol–water partition coefficient (Wildman–Crippen LogP) is 4.44. The first kappa shape index (κ1) is 24.9. The van der Waals surface area contributed by atoms with Gasteiger partial charge in [0, 0.05) is 42.3 Å². The number of rotatable bonds is 9. The highest BCUT2D eigenvalue weighted by Gasteiger charge is 2.17. The highest BCUT2D eigenvalue weighted by molar-refractivity contribution is 6.06. The van der Waals surface area contributed by atoms with Crippen molar-refractivity contribution in [1.82, 2.24) is 5.32 Å². The number of carbonyl (C=O) groups excluding carboxylic acids is 3. The van der Waals surface area contributed by atoms with Gasteiger partial charge in [-0.25, -0.2) is 4.79 Å². The summed E-state index contributed by atoms with van der Waals surface area (Å²) >= 11 is 0. The molecule has 8 heteroatoms. The first-order valence-corrected chi connectivity index (χ1v) is 10.6. The Morgan fingerprint density at radius 1 is 0.875 bits per heavy atom. The molecule has 0 atom stereocenters. The lowest BCUT2D eigenvalue weighted by Crippen LogP contribution is -2.27. The molecule has 2 rings (SSSR count). The zero-order valence-electron chi connectivity index (χ0n) is 19.0. The molecule has 0 bridgehead atoms. The van der Waals surface area contributed by atoms with E-state index in [4.69, 9.17) is 9.47 Å². The highest BCUT2D eigenvalue weighted by atomic mass is 16.6. The first-order chi connectivity index (χ1) is 15.2. The van der Waals surface area contributed by atoms with Crippen molar-refractivity contribution < 1.29 is 23.9 Å². The van der Waals surface area contributed by atoms with Crippen molar-refractivity contribution in [1.29, 1.82) is 0 Å². The molecule has 32 heavy (non-hydrogen) atoms. The average molecular weight is 442 g/mol. The normalized spacial score (nSPS) is 10.9. The van der Waals surface area contributed by atoms with Gasteiger partial charge in [-0.15, -0.1) is 0 Å². The van der Waals surface area contributed by atoms with Gasteiger partial charge >= 0.3 is 6.09 Å². The van der Waals surface area contributed by atoms with Gasteiger partial charge in [0.15, 0.2) is 0 Å². The molecule has 0 aliphatic carbocycles. The van der Waals surface area contributed by atoms with E-state index in [1.54, 1.807) is 69.3 Å². The molecule has 8 nitrogen and oxygen atoms in total. The van der Waals surface area contributed by atoms with Gasteiger partial charge in [-0.1, -0.05) is 12.1 Å². The van der Waals surface area contributed by atoms with E-state index < -0.39 is 11.7 Å². The maximum absolute atomic E-state index is 12.7. The third-order valence-electron chi connectivity index (χ3n) is 4.11. The second kappa shape index (κ2) is 11.9. The van der Waals surface area contributed by atoms with Crippen molar-refractivity contribution in [2.45, 2.75) is 39.7 Å². The summed E-state index contributed by atoms with van der Waals surface area (Å²) < 4.78 is 10.5. The van der Waals surface area contributed by atoms with Crippen molar-refractivity contribution in [3.63, 3.8) is 0 Å². The maximum Gasteiger partial charge on any atom is 0.412 e. The van der Waals surface area contributed by atoms with E-state index in [9.17, 15) is 14.4 Å². The van der Waals surface area contributed by atoms with Gasteiger partial charge in [0.05, 0.1) is 0 Å². The highest BCUT2D eigenvalue weighted by Crippen LogP contribution is 2.16. The van der Waals surface area contributed by atoms with E-state index in [0.29, 0.717) is 42.3 Å². The van der Waals surface area contributed by atoms with Crippen LogP contribution in [-0.4, -0.2) is 43.3 Å². The third kappa shape index (κ3) is 8.77. The van der Waals surface area contributed by atoms with E-state index in [0.717, 1.165) is 6.42 Å². The Kier molecular flexibility index (Phi) is 9.22. The summed E-state index contributed by atoms with van der Waals surface area (Å²) in [4.78, 5) is 36.9. The number of benzene rings is 2. The smallest absolute Gasteiger partial charge is 0.412 e. The fraction of sp³-hybridized carbons (Fsp3) is 0.375. The minimum Gasteiger partial charge on any atom is -0.444 e. The maximum atomic E-state index is 12.7. The van der Waals surface area contributed by atoms with Crippen molar-refractivity contribution >= 4 is 29.3 Å². The lowest BCUT2D eigenvalue weighted by molar-refractivity contribution is 0.0635. The molecule has 3 amide bonds. The van der Waals surface area contributed by atoms with Gasteiger partial charge in [0.25, 0.3) is 11.8 Å². The molecule has 0 aliphatic heterocycles. The number of anilines is 2. The number of carbonyl (C=O) groups is 3. The van der Waals surface area contributed by atoms with Crippen LogP contribution < -0.4 is 16.0 Å². The summed E-state index contributed by atoms with van der Waals surface area (Å²) in [6, 6.07) is 13.2. The molecule has 0 unspecified atom stereocenters. The van der Waals surface area contributed by atoms with Gasteiger partial charge in [-0.2, -0.15) is 0 Å². The van der Waals surface area contributed by atoms with Crippen LogP contribution in [-0.2, 0) is 9.47 Å². The third-order valence-corrected chi connectivity index (χ3v) is 4.11. The second-order valence-electron chi connectivity index (χ2n) is 8.05. The van der Waals surface area contributed by atoms with Crippen LogP contribution in [0.25, 0.3) is 0 Å². The van der Waals surface area contributed by atoms with Gasteiger partial charge in [-0.05, 0) is 70.5 Å². The Balaban J connectivity index is 1.97. The summed E-state index contributed by atoms with van der Waals surface area (Å²) in [5, 5.41) is 8.21. The van der Waals surface area contributed by atoms with E-state index in [1.165, 1.54) is 0 Å². The van der Waals surface area contributed by atoms with E-state index in [1.807, 2.05) is 6.92 Å². The zero-order valence-corrected chi connectivity index (χ0v) is 19.0. The fourth-order valence-electron chi connectivity index (χ4n) is 2.72. The van der Waals surface area contributed by atoms with Crippen molar-refractivity contribution in [2.24, 2.45) is 0 Å². The monoisotopic (exact) mass is 441 g/mol. The van der Waals surface area contributed by atoms with Crippen LogP contribution in [0.15, 0.2) is 48.5 Å².